The molecule has 0 fully saturated rings. The molecule has 5 rings (SSSR count). The Morgan fingerprint density at radius 2 is 1.89 bits per heavy atom. The van der Waals surface area contributed by atoms with Crippen LogP contribution in [0.5, 0.6) is 5.75 Å². The summed E-state index contributed by atoms with van der Waals surface area (Å²) in [5.41, 5.74) is 1.80. The number of rotatable bonds is 7. The SMILES string of the molecule is CCn1cc(-c2cc(CN3C=NN(C)C3)cc3c2CCN(Cc2cc(OC)ccn2)C3=O)c(C(F)(F)F)n1. The average Bonchev–Trinajstić information content (AvgIpc) is 3.52. The minimum atomic E-state index is -4.63. The Morgan fingerprint density at radius 1 is 1.11 bits per heavy atom. The molecule has 0 bridgehead atoms. The second-order valence-corrected chi connectivity index (χ2v) is 9.35. The zero-order valence-corrected chi connectivity index (χ0v) is 21.4. The van der Waals surface area contributed by atoms with Crippen molar-refractivity contribution in [1.82, 2.24) is 29.6 Å². The Morgan fingerprint density at radius 3 is 2.58 bits per heavy atom. The summed E-state index contributed by atoms with van der Waals surface area (Å²) in [6.07, 6.45) is 0.489. The number of alkyl halides is 3. The maximum absolute atomic E-state index is 14.0. The first-order valence-corrected chi connectivity index (χ1v) is 12.2. The lowest BCUT2D eigenvalue weighted by Gasteiger charge is -2.30. The quantitative estimate of drug-likeness (QED) is 0.465. The number of hydrogen-bond donors (Lipinski definition) is 0. The molecule has 0 spiro atoms. The Bertz CT molecular complexity index is 1390. The van der Waals surface area contributed by atoms with Gasteiger partial charge in [0, 0.05) is 56.3 Å². The van der Waals surface area contributed by atoms with Gasteiger partial charge in [0.1, 0.15) is 18.8 Å². The first-order chi connectivity index (χ1) is 18.2. The van der Waals surface area contributed by atoms with Crippen molar-refractivity contribution < 1.29 is 22.7 Å². The summed E-state index contributed by atoms with van der Waals surface area (Å²) in [7, 11) is 3.39. The predicted molar refractivity (Wildman–Crippen MR) is 134 cm³/mol. The maximum Gasteiger partial charge on any atom is 0.435 e. The Hall–Kier alpha value is -4.09. The third kappa shape index (κ3) is 5.02. The molecule has 12 heteroatoms. The third-order valence-corrected chi connectivity index (χ3v) is 6.66. The minimum absolute atomic E-state index is 0.0135. The number of methoxy groups -OCH3 is 1. The molecule has 2 aromatic heterocycles. The summed E-state index contributed by atoms with van der Waals surface area (Å²) in [5.74, 6) is 0.386. The third-order valence-electron chi connectivity index (χ3n) is 6.66. The van der Waals surface area contributed by atoms with Crippen molar-refractivity contribution in [3.63, 3.8) is 0 Å². The van der Waals surface area contributed by atoms with Crippen molar-refractivity contribution in [2.45, 2.75) is 39.2 Å². The number of aryl methyl sites for hydroxylation is 1. The summed E-state index contributed by atoms with van der Waals surface area (Å²) in [5, 5.41) is 9.77. The van der Waals surface area contributed by atoms with Gasteiger partial charge in [0.2, 0.25) is 0 Å². The molecule has 0 unspecified atom stereocenters. The van der Waals surface area contributed by atoms with Crippen LogP contribution in [0.3, 0.4) is 0 Å². The number of carbonyl (C=O) groups is 1. The monoisotopic (exact) mass is 527 g/mol. The molecule has 1 aromatic carbocycles. The molecule has 2 aliphatic heterocycles. The number of hydrogen-bond acceptors (Lipinski definition) is 7. The van der Waals surface area contributed by atoms with Crippen LogP contribution in [0.4, 0.5) is 13.2 Å². The number of amides is 1. The van der Waals surface area contributed by atoms with E-state index in [-0.39, 0.29) is 18.0 Å². The number of benzene rings is 1. The van der Waals surface area contributed by atoms with Crippen LogP contribution in [0, 0.1) is 0 Å². The molecular weight excluding hydrogens is 499 g/mol. The van der Waals surface area contributed by atoms with Gasteiger partial charge >= 0.3 is 6.18 Å². The lowest BCUT2D eigenvalue weighted by atomic mass is 9.88. The molecule has 0 saturated carbocycles. The summed E-state index contributed by atoms with van der Waals surface area (Å²) in [6, 6.07) is 7.03. The summed E-state index contributed by atoms with van der Waals surface area (Å²) < 4.78 is 48.6. The standard InChI is InChI=1S/C26H28F3N7O2/c1-4-36-14-23(24(32-36)26(27,28)29)21-9-17(12-34-15-31-33(2)16-34)10-22-20(21)6-8-35(25(22)37)13-18-11-19(38-3)5-7-30-18/h5,7,9-11,14-15H,4,6,8,12-13,16H2,1-3H3. The first kappa shape index (κ1) is 25.6. The smallest absolute Gasteiger partial charge is 0.435 e. The van der Waals surface area contributed by atoms with Gasteiger partial charge in [-0.15, -0.1) is 0 Å². The van der Waals surface area contributed by atoms with Gasteiger partial charge in [-0.05, 0) is 48.2 Å². The van der Waals surface area contributed by atoms with E-state index in [1.165, 1.54) is 10.9 Å². The molecule has 0 radical (unpaired) electrons. The van der Waals surface area contributed by atoms with Crippen LogP contribution in [0.15, 0.2) is 41.8 Å². The fraction of sp³-hybridized carbons (Fsp3) is 0.385. The molecule has 200 valence electrons. The number of ether oxygens (including phenoxy) is 1. The number of hydrazone groups is 1. The van der Waals surface area contributed by atoms with Crippen molar-refractivity contribution >= 4 is 12.2 Å². The highest BCUT2D eigenvalue weighted by Gasteiger charge is 2.39. The van der Waals surface area contributed by atoms with E-state index in [0.717, 1.165) is 0 Å². The Balaban J connectivity index is 1.57. The van der Waals surface area contributed by atoms with Crippen LogP contribution in [-0.2, 0) is 32.2 Å². The molecule has 38 heavy (non-hydrogen) atoms. The van der Waals surface area contributed by atoms with Gasteiger partial charge in [0.05, 0.1) is 19.3 Å². The van der Waals surface area contributed by atoms with Crippen LogP contribution in [0.1, 0.15) is 39.8 Å². The second-order valence-electron chi connectivity index (χ2n) is 9.35. The van der Waals surface area contributed by atoms with Crippen molar-refractivity contribution in [2.75, 3.05) is 27.4 Å². The summed E-state index contributed by atoms with van der Waals surface area (Å²) in [6.45, 7) is 3.57. The van der Waals surface area contributed by atoms with Gasteiger partial charge in [-0.25, -0.2) is 0 Å². The molecule has 2 aliphatic rings. The number of aromatic nitrogens is 3. The van der Waals surface area contributed by atoms with Crippen LogP contribution in [0.2, 0.25) is 0 Å². The zero-order chi connectivity index (χ0) is 27.0. The topological polar surface area (TPSA) is 79.1 Å². The molecule has 0 saturated heterocycles. The largest absolute Gasteiger partial charge is 0.497 e. The predicted octanol–water partition coefficient (Wildman–Crippen LogP) is 3.84. The van der Waals surface area contributed by atoms with E-state index < -0.39 is 11.9 Å². The number of halogens is 3. The zero-order valence-electron chi connectivity index (χ0n) is 21.4. The highest BCUT2D eigenvalue weighted by atomic mass is 19.4. The maximum atomic E-state index is 14.0. The van der Waals surface area contributed by atoms with Crippen molar-refractivity contribution in [3.8, 4) is 16.9 Å². The van der Waals surface area contributed by atoms with Crippen molar-refractivity contribution in [2.24, 2.45) is 5.10 Å². The molecule has 1 amide bonds. The highest BCUT2D eigenvalue weighted by Crippen LogP contribution is 2.40. The minimum Gasteiger partial charge on any atom is -0.497 e. The van der Waals surface area contributed by atoms with Crippen molar-refractivity contribution in [3.05, 3.63) is 64.7 Å². The second kappa shape index (κ2) is 9.99. The van der Waals surface area contributed by atoms with E-state index in [1.807, 2.05) is 11.9 Å². The number of nitrogens with zero attached hydrogens (tertiary/aromatic N) is 7. The molecule has 0 N–H and O–H groups in total. The van der Waals surface area contributed by atoms with Gasteiger partial charge in [-0.3, -0.25) is 19.5 Å². The highest BCUT2D eigenvalue weighted by molar-refractivity contribution is 5.99. The summed E-state index contributed by atoms with van der Waals surface area (Å²) in [4.78, 5) is 21.7. The van der Waals surface area contributed by atoms with Gasteiger partial charge < -0.3 is 14.5 Å². The normalized spacial score (nSPS) is 15.4. The van der Waals surface area contributed by atoms with E-state index >= 15 is 0 Å². The van der Waals surface area contributed by atoms with Crippen LogP contribution >= 0.6 is 0 Å². The number of carbonyl (C=O) groups excluding carboxylic acids is 1. The van der Waals surface area contributed by atoms with Crippen LogP contribution in [-0.4, -0.2) is 69.2 Å². The fourth-order valence-electron chi connectivity index (χ4n) is 4.87. The number of pyridine rings is 1. The lowest BCUT2D eigenvalue weighted by molar-refractivity contribution is -0.141. The molecule has 0 aliphatic carbocycles. The van der Waals surface area contributed by atoms with Gasteiger partial charge in [-0.2, -0.15) is 23.4 Å². The van der Waals surface area contributed by atoms with E-state index in [4.69, 9.17) is 4.74 Å². The molecule has 9 nitrogen and oxygen atoms in total. The van der Waals surface area contributed by atoms with E-state index in [1.54, 1.807) is 60.7 Å². The van der Waals surface area contributed by atoms with Gasteiger partial charge in [0.25, 0.3) is 5.91 Å². The molecule has 0 atom stereocenters. The average molecular weight is 528 g/mol. The molecule has 4 heterocycles. The molecule has 3 aromatic rings. The van der Waals surface area contributed by atoms with E-state index in [9.17, 15) is 18.0 Å². The fourth-order valence-corrected chi connectivity index (χ4v) is 4.87. The Labute approximate surface area is 218 Å². The Kier molecular flexibility index (Phi) is 6.72. The molecular formula is C26H28F3N7O2. The summed E-state index contributed by atoms with van der Waals surface area (Å²) >= 11 is 0. The lowest BCUT2D eigenvalue weighted by Crippen LogP contribution is -2.37. The number of fused-ring (bicyclic) bond motifs is 1. The van der Waals surface area contributed by atoms with Crippen LogP contribution < -0.4 is 4.74 Å². The first-order valence-electron chi connectivity index (χ1n) is 12.2. The van der Waals surface area contributed by atoms with Crippen LogP contribution in [0.25, 0.3) is 11.1 Å². The van der Waals surface area contributed by atoms with E-state index in [2.05, 4.69) is 15.2 Å². The van der Waals surface area contributed by atoms with E-state index in [0.29, 0.717) is 66.4 Å². The van der Waals surface area contributed by atoms with Gasteiger partial charge in [-0.1, -0.05) is 0 Å². The van der Waals surface area contributed by atoms with Gasteiger partial charge in [0.15, 0.2) is 5.69 Å². The van der Waals surface area contributed by atoms with Crippen molar-refractivity contribution in [1.29, 1.82) is 0 Å².